The number of aromatic nitrogens is 1. The lowest BCUT2D eigenvalue weighted by Crippen LogP contribution is -2.16. The Kier molecular flexibility index (Phi) is 5.04. The molecule has 0 atom stereocenters. The van der Waals surface area contributed by atoms with Gasteiger partial charge in [-0.2, -0.15) is 4.99 Å². The van der Waals surface area contributed by atoms with Crippen molar-refractivity contribution in [2.45, 2.75) is 33.7 Å². The molecule has 1 aromatic heterocycles. The van der Waals surface area contributed by atoms with Gasteiger partial charge in [-0.1, -0.05) is 47.2 Å². The highest BCUT2D eigenvalue weighted by Gasteiger charge is 2.13. The molecule has 0 aliphatic heterocycles. The van der Waals surface area contributed by atoms with E-state index in [9.17, 15) is 4.79 Å². The Labute approximate surface area is 151 Å². The molecule has 0 saturated heterocycles. The molecule has 0 radical (unpaired) electrons. The highest BCUT2D eigenvalue weighted by molar-refractivity contribution is 7.16. The molecular formula is C20H22N2O2S. The van der Waals surface area contributed by atoms with Gasteiger partial charge in [-0.15, -0.1) is 0 Å². The van der Waals surface area contributed by atoms with Crippen LogP contribution in [0.25, 0.3) is 10.2 Å². The van der Waals surface area contributed by atoms with E-state index in [1.807, 2.05) is 43.3 Å². The highest BCUT2D eigenvalue weighted by atomic mass is 32.1. The van der Waals surface area contributed by atoms with E-state index in [0.717, 1.165) is 38.4 Å². The number of fused-ring (bicyclic) bond motifs is 1. The number of thiazole rings is 1. The molecule has 1 heterocycles. The molecule has 3 rings (SSSR count). The average Bonchev–Trinajstić information content (AvgIpc) is 2.96. The van der Waals surface area contributed by atoms with Gasteiger partial charge in [-0.05, 0) is 38.0 Å². The Balaban J connectivity index is 2.05. The van der Waals surface area contributed by atoms with Gasteiger partial charge in [0.05, 0.1) is 18.2 Å². The van der Waals surface area contributed by atoms with Crippen LogP contribution in [0.3, 0.4) is 0 Å². The third-order valence-electron chi connectivity index (χ3n) is 4.22. The first-order valence-electron chi connectivity index (χ1n) is 8.33. The molecule has 0 unspecified atom stereocenters. The lowest BCUT2D eigenvalue weighted by atomic mass is 10.1. The molecule has 25 heavy (non-hydrogen) atoms. The fourth-order valence-electron chi connectivity index (χ4n) is 2.85. The van der Waals surface area contributed by atoms with Crippen molar-refractivity contribution in [2.75, 3.05) is 7.11 Å². The number of carbonyl (C=O) groups is 1. The first-order valence-corrected chi connectivity index (χ1v) is 9.15. The molecule has 1 amide bonds. The van der Waals surface area contributed by atoms with E-state index in [2.05, 4.69) is 23.4 Å². The molecule has 0 fully saturated rings. The second-order valence-corrected chi connectivity index (χ2v) is 7.04. The molecule has 5 heteroatoms. The van der Waals surface area contributed by atoms with Gasteiger partial charge in [0.15, 0.2) is 4.80 Å². The van der Waals surface area contributed by atoms with Crippen LogP contribution in [-0.2, 0) is 17.8 Å². The summed E-state index contributed by atoms with van der Waals surface area (Å²) in [7, 11) is 1.67. The number of hydrogen-bond acceptors (Lipinski definition) is 3. The predicted molar refractivity (Wildman–Crippen MR) is 102 cm³/mol. The summed E-state index contributed by atoms with van der Waals surface area (Å²) < 4.78 is 8.68. The molecule has 2 aromatic carbocycles. The first-order chi connectivity index (χ1) is 12.0. The van der Waals surface area contributed by atoms with Crippen molar-refractivity contribution in [3.63, 3.8) is 0 Å². The molecule has 3 aromatic rings. The van der Waals surface area contributed by atoms with Crippen LogP contribution in [0.2, 0.25) is 0 Å². The maximum Gasteiger partial charge on any atom is 0.252 e. The summed E-state index contributed by atoms with van der Waals surface area (Å²) in [5.41, 5.74) is 4.34. The number of nitrogens with zero attached hydrogens (tertiary/aromatic N) is 2. The van der Waals surface area contributed by atoms with Gasteiger partial charge in [-0.3, -0.25) is 4.79 Å². The number of methoxy groups -OCH3 is 1. The van der Waals surface area contributed by atoms with E-state index >= 15 is 0 Å². The Morgan fingerprint density at radius 2 is 1.88 bits per heavy atom. The van der Waals surface area contributed by atoms with E-state index in [-0.39, 0.29) is 5.91 Å². The lowest BCUT2D eigenvalue weighted by Gasteiger charge is -2.07. The fraction of sp³-hybridized carbons (Fsp3) is 0.300. The molecule has 4 nitrogen and oxygen atoms in total. The summed E-state index contributed by atoms with van der Waals surface area (Å²) in [4.78, 5) is 17.6. The van der Waals surface area contributed by atoms with Crippen molar-refractivity contribution in [1.29, 1.82) is 0 Å². The van der Waals surface area contributed by atoms with Gasteiger partial charge in [0.25, 0.3) is 5.91 Å². The minimum Gasteiger partial charge on any atom is -0.495 e. The zero-order valence-electron chi connectivity index (χ0n) is 15.0. The van der Waals surface area contributed by atoms with Crippen molar-refractivity contribution >= 4 is 27.5 Å². The Bertz CT molecular complexity index is 981. The first kappa shape index (κ1) is 17.4. The number of aryl methyl sites for hydroxylation is 3. The van der Waals surface area contributed by atoms with Crippen molar-refractivity contribution in [3.05, 3.63) is 57.9 Å². The summed E-state index contributed by atoms with van der Waals surface area (Å²) in [6, 6.07) is 12.0. The lowest BCUT2D eigenvalue weighted by molar-refractivity contribution is -0.117. The van der Waals surface area contributed by atoms with E-state index in [0.29, 0.717) is 6.42 Å². The Morgan fingerprint density at radius 3 is 2.52 bits per heavy atom. The molecule has 130 valence electrons. The molecule has 0 bridgehead atoms. The Morgan fingerprint density at radius 1 is 1.16 bits per heavy atom. The average molecular weight is 354 g/mol. The quantitative estimate of drug-likeness (QED) is 0.710. The van der Waals surface area contributed by atoms with Crippen LogP contribution in [-0.4, -0.2) is 17.6 Å². The van der Waals surface area contributed by atoms with Gasteiger partial charge in [0, 0.05) is 6.54 Å². The largest absolute Gasteiger partial charge is 0.495 e. The number of amides is 1. The van der Waals surface area contributed by atoms with E-state index in [1.54, 1.807) is 18.4 Å². The third kappa shape index (κ3) is 3.51. The molecule has 0 saturated carbocycles. The van der Waals surface area contributed by atoms with E-state index < -0.39 is 0 Å². The van der Waals surface area contributed by atoms with Crippen LogP contribution in [0.1, 0.15) is 23.6 Å². The third-order valence-corrected chi connectivity index (χ3v) is 5.43. The van der Waals surface area contributed by atoms with Crippen molar-refractivity contribution in [1.82, 2.24) is 4.57 Å². The summed E-state index contributed by atoms with van der Waals surface area (Å²) >= 11 is 1.54. The van der Waals surface area contributed by atoms with Crippen LogP contribution in [0.4, 0.5) is 0 Å². The maximum atomic E-state index is 12.4. The van der Waals surface area contributed by atoms with Gasteiger partial charge < -0.3 is 9.30 Å². The predicted octanol–water partition coefficient (Wildman–Crippen LogP) is 4.02. The van der Waals surface area contributed by atoms with E-state index in [1.165, 1.54) is 5.56 Å². The topological polar surface area (TPSA) is 43.6 Å². The van der Waals surface area contributed by atoms with Crippen LogP contribution in [0.15, 0.2) is 41.4 Å². The summed E-state index contributed by atoms with van der Waals surface area (Å²) in [6.07, 6.45) is 0.314. The fourth-order valence-corrected chi connectivity index (χ4v) is 4.05. The summed E-state index contributed by atoms with van der Waals surface area (Å²) in [5.74, 6) is 0.681. The standard InChI is InChI=1S/C20H22N2O2S/c1-5-22-18-16(24-4)11-8-14(3)19(18)25-20(22)21-17(23)12-15-9-6-13(2)7-10-15/h6-11H,5,12H2,1-4H3. The molecule has 0 N–H and O–H groups in total. The minimum atomic E-state index is -0.130. The summed E-state index contributed by atoms with van der Waals surface area (Å²) in [6.45, 7) is 6.89. The maximum absolute atomic E-state index is 12.4. The van der Waals surface area contributed by atoms with Crippen LogP contribution >= 0.6 is 11.3 Å². The van der Waals surface area contributed by atoms with Gasteiger partial charge in [0.1, 0.15) is 11.3 Å². The van der Waals surface area contributed by atoms with E-state index in [4.69, 9.17) is 4.74 Å². The number of hydrogen-bond donors (Lipinski definition) is 0. The highest BCUT2D eigenvalue weighted by Crippen LogP contribution is 2.30. The minimum absolute atomic E-state index is 0.130. The molecule has 0 aliphatic carbocycles. The monoisotopic (exact) mass is 354 g/mol. The number of rotatable bonds is 4. The molecule has 0 spiro atoms. The normalized spacial score (nSPS) is 11.9. The molecular weight excluding hydrogens is 332 g/mol. The zero-order chi connectivity index (χ0) is 18.0. The second-order valence-electron chi connectivity index (χ2n) is 6.06. The zero-order valence-corrected chi connectivity index (χ0v) is 15.8. The van der Waals surface area contributed by atoms with Gasteiger partial charge in [-0.25, -0.2) is 0 Å². The van der Waals surface area contributed by atoms with Gasteiger partial charge >= 0.3 is 0 Å². The van der Waals surface area contributed by atoms with Crippen LogP contribution in [0, 0.1) is 13.8 Å². The van der Waals surface area contributed by atoms with Crippen LogP contribution < -0.4 is 9.54 Å². The number of carbonyl (C=O) groups excluding carboxylic acids is 1. The van der Waals surface area contributed by atoms with Crippen molar-refractivity contribution < 1.29 is 9.53 Å². The van der Waals surface area contributed by atoms with Gasteiger partial charge in [0.2, 0.25) is 0 Å². The second kappa shape index (κ2) is 7.23. The molecule has 0 aliphatic rings. The summed E-state index contributed by atoms with van der Waals surface area (Å²) in [5, 5.41) is 0. The smallest absolute Gasteiger partial charge is 0.252 e. The number of ether oxygens (including phenoxy) is 1. The Hall–Kier alpha value is -2.40. The van der Waals surface area contributed by atoms with Crippen molar-refractivity contribution in [3.8, 4) is 5.75 Å². The van der Waals surface area contributed by atoms with Crippen LogP contribution in [0.5, 0.6) is 5.75 Å². The van der Waals surface area contributed by atoms with Crippen molar-refractivity contribution in [2.24, 2.45) is 4.99 Å². The number of benzene rings is 2. The SMILES string of the molecule is CCn1c(=NC(=O)Cc2ccc(C)cc2)sc2c(C)ccc(OC)c21.